The Balaban J connectivity index is 2.40. The number of halogens is 1. The molecule has 0 radical (unpaired) electrons. The molecule has 2 N–H and O–H groups in total. The lowest BCUT2D eigenvalue weighted by molar-refractivity contribution is 0.350. The van der Waals surface area contributed by atoms with E-state index in [1.54, 1.807) is 24.3 Å². The molecule has 0 aliphatic rings. The van der Waals surface area contributed by atoms with Crippen LogP contribution in [0.25, 0.3) is 21.7 Å². The molecule has 0 aliphatic heterocycles. The third-order valence-corrected chi connectivity index (χ3v) is 3.40. The van der Waals surface area contributed by atoms with E-state index in [9.17, 15) is 9.90 Å². The Hall–Kier alpha value is -2.48. The molecule has 3 aromatic rings. The third kappa shape index (κ3) is 2.33. The van der Waals surface area contributed by atoms with E-state index >= 15 is 0 Å². The number of aliphatic hydroxyl groups is 1. The average Bonchev–Trinajstić information content (AvgIpc) is 2.47. The minimum atomic E-state index is -0.521. The van der Waals surface area contributed by atoms with Gasteiger partial charge in [-0.25, -0.2) is 4.79 Å². The van der Waals surface area contributed by atoms with Crippen LogP contribution in [0.1, 0.15) is 5.56 Å². The van der Waals surface area contributed by atoms with Crippen molar-refractivity contribution in [1.82, 2.24) is 0 Å². The summed E-state index contributed by atoms with van der Waals surface area (Å²) in [7, 11) is 0. The largest absolute Gasteiger partial charge is 0.506 e. The molecule has 0 bridgehead atoms. The number of phenols is 1. The number of aromatic hydroxyl groups is 1. The highest BCUT2D eigenvalue weighted by molar-refractivity contribution is 6.33. The zero-order chi connectivity index (χ0) is 15.0. The van der Waals surface area contributed by atoms with Crippen molar-refractivity contribution < 1.29 is 14.6 Å². The number of hydrogen-bond acceptors (Lipinski definition) is 4. The highest BCUT2D eigenvalue weighted by atomic mass is 35.5. The van der Waals surface area contributed by atoms with Crippen LogP contribution in [-0.4, -0.2) is 16.8 Å². The highest BCUT2D eigenvalue weighted by Crippen LogP contribution is 2.32. The van der Waals surface area contributed by atoms with Gasteiger partial charge in [-0.2, -0.15) is 0 Å². The van der Waals surface area contributed by atoms with E-state index in [4.69, 9.17) is 21.1 Å². The SMILES string of the molecule is O=c1oc2cc(O)c(Cl)cc2c2ccc(C#CCO)cc12. The average molecular weight is 301 g/mol. The van der Waals surface area contributed by atoms with Gasteiger partial charge in [0.25, 0.3) is 0 Å². The summed E-state index contributed by atoms with van der Waals surface area (Å²) >= 11 is 5.91. The Morgan fingerprint density at radius 2 is 1.95 bits per heavy atom. The number of benzene rings is 2. The molecule has 4 nitrogen and oxygen atoms in total. The summed E-state index contributed by atoms with van der Waals surface area (Å²) in [6, 6.07) is 7.95. The molecular weight excluding hydrogens is 292 g/mol. The van der Waals surface area contributed by atoms with Crippen LogP contribution in [0.2, 0.25) is 5.02 Å². The first kappa shape index (κ1) is 13.5. The molecule has 0 amide bonds. The van der Waals surface area contributed by atoms with Crippen LogP contribution in [-0.2, 0) is 0 Å². The first-order valence-electron chi connectivity index (χ1n) is 6.09. The first-order valence-corrected chi connectivity index (χ1v) is 6.47. The summed E-state index contributed by atoms with van der Waals surface area (Å²) in [5, 5.41) is 20.1. The standard InChI is InChI=1S/C16H9ClO4/c17-13-7-11-10-4-3-9(2-1-5-18)6-12(10)16(20)21-15(11)8-14(13)19/h3-4,6-8,18-19H,5H2. The smallest absolute Gasteiger partial charge is 0.344 e. The van der Waals surface area contributed by atoms with Gasteiger partial charge in [0.2, 0.25) is 0 Å². The molecule has 0 spiro atoms. The van der Waals surface area contributed by atoms with Gasteiger partial charge in [-0.1, -0.05) is 29.5 Å². The second-order valence-electron chi connectivity index (χ2n) is 4.41. The van der Waals surface area contributed by atoms with Crippen molar-refractivity contribution in [2.75, 3.05) is 6.61 Å². The van der Waals surface area contributed by atoms with Crippen molar-refractivity contribution in [2.45, 2.75) is 0 Å². The van der Waals surface area contributed by atoms with E-state index < -0.39 is 5.63 Å². The van der Waals surface area contributed by atoms with E-state index in [0.717, 1.165) is 0 Å². The van der Waals surface area contributed by atoms with E-state index in [-0.39, 0.29) is 23.0 Å². The van der Waals surface area contributed by atoms with Crippen LogP contribution in [0.5, 0.6) is 5.75 Å². The van der Waals surface area contributed by atoms with Gasteiger partial charge in [0.1, 0.15) is 17.9 Å². The summed E-state index contributed by atoms with van der Waals surface area (Å²) in [5.74, 6) is 5.12. The number of phenolic OH excluding ortho intramolecular Hbond substituents is 1. The van der Waals surface area contributed by atoms with Crippen LogP contribution in [0.4, 0.5) is 0 Å². The maximum Gasteiger partial charge on any atom is 0.344 e. The fraction of sp³-hybridized carbons (Fsp3) is 0.0625. The molecule has 1 aromatic heterocycles. The molecular formula is C16H9ClO4. The zero-order valence-electron chi connectivity index (χ0n) is 10.7. The molecule has 2 aromatic carbocycles. The lowest BCUT2D eigenvalue weighted by atomic mass is 10.0. The van der Waals surface area contributed by atoms with E-state index in [0.29, 0.717) is 21.7 Å². The quantitative estimate of drug-likeness (QED) is 0.380. The van der Waals surface area contributed by atoms with E-state index in [2.05, 4.69) is 11.8 Å². The molecule has 104 valence electrons. The van der Waals surface area contributed by atoms with Crippen molar-refractivity contribution in [3.63, 3.8) is 0 Å². The van der Waals surface area contributed by atoms with E-state index in [1.165, 1.54) is 6.07 Å². The van der Waals surface area contributed by atoms with Crippen molar-refractivity contribution >= 4 is 33.3 Å². The summed E-state index contributed by atoms with van der Waals surface area (Å²) in [4.78, 5) is 12.0. The zero-order valence-corrected chi connectivity index (χ0v) is 11.4. The fourth-order valence-electron chi connectivity index (χ4n) is 2.16. The van der Waals surface area contributed by atoms with Gasteiger partial charge in [-0.05, 0) is 18.2 Å². The molecule has 21 heavy (non-hydrogen) atoms. The lowest BCUT2D eigenvalue weighted by Crippen LogP contribution is -2.00. The van der Waals surface area contributed by atoms with Gasteiger partial charge in [0.05, 0.1) is 10.4 Å². The molecule has 3 rings (SSSR count). The molecule has 0 saturated carbocycles. The second kappa shape index (κ2) is 5.13. The van der Waals surface area contributed by atoms with Crippen LogP contribution < -0.4 is 5.63 Å². The fourth-order valence-corrected chi connectivity index (χ4v) is 2.32. The summed E-state index contributed by atoms with van der Waals surface area (Å²) < 4.78 is 5.20. The topological polar surface area (TPSA) is 70.7 Å². The third-order valence-electron chi connectivity index (χ3n) is 3.09. The summed E-state index contributed by atoms with van der Waals surface area (Å²) in [6.45, 7) is -0.251. The second-order valence-corrected chi connectivity index (χ2v) is 4.82. The first-order chi connectivity index (χ1) is 10.1. The maximum absolute atomic E-state index is 12.0. The Labute approximate surface area is 124 Å². The molecule has 0 saturated heterocycles. The highest BCUT2D eigenvalue weighted by Gasteiger charge is 2.10. The van der Waals surface area contributed by atoms with Crippen LogP contribution >= 0.6 is 11.6 Å². The normalized spacial score (nSPS) is 10.6. The minimum absolute atomic E-state index is 0.142. The van der Waals surface area contributed by atoms with Crippen LogP contribution in [0, 0.1) is 11.8 Å². The summed E-state index contributed by atoms with van der Waals surface area (Å²) in [6.07, 6.45) is 0. The number of hydrogen-bond donors (Lipinski definition) is 2. The van der Waals surface area contributed by atoms with Crippen molar-refractivity contribution in [2.24, 2.45) is 0 Å². The van der Waals surface area contributed by atoms with Crippen molar-refractivity contribution in [3.05, 3.63) is 51.3 Å². The summed E-state index contributed by atoms with van der Waals surface area (Å²) in [5.41, 5.74) is 0.350. The molecule has 0 fully saturated rings. The van der Waals surface area contributed by atoms with Crippen LogP contribution in [0.3, 0.4) is 0 Å². The van der Waals surface area contributed by atoms with Crippen LogP contribution in [0.15, 0.2) is 39.5 Å². The van der Waals surface area contributed by atoms with Gasteiger partial charge in [-0.3, -0.25) is 0 Å². The number of aliphatic hydroxyl groups excluding tert-OH is 1. The monoisotopic (exact) mass is 300 g/mol. The Morgan fingerprint density at radius 1 is 1.14 bits per heavy atom. The van der Waals surface area contributed by atoms with Gasteiger partial charge in [0, 0.05) is 22.4 Å². The Bertz CT molecular complexity index is 977. The van der Waals surface area contributed by atoms with Gasteiger partial charge in [-0.15, -0.1) is 0 Å². The predicted molar refractivity (Wildman–Crippen MR) is 80.6 cm³/mol. The molecule has 0 aliphatic carbocycles. The van der Waals surface area contributed by atoms with Crippen molar-refractivity contribution in [3.8, 4) is 17.6 Å². The molecule has 0 atom stereocenters. The predicted octanol–water partition coefficient (Wildman–Crippen LogP) is 2.65. The molecule has 0 unspecified atom stereocenters. The van der Waals surface area contributed by atoms with Gasteiger partial charge >= 0.3 is 5.63 Å². The number of rotatable bonds is 0. The van der Waals surface area contributed by atoms with Gasteiger partial charge < -0.3 is 14.6 Å². The Kier molecular flexibility index (Phi) is 3.30. The molecule has 1 heterocycles. The Morgan fingerprint density at radius 3 is 2.71 bits per heavy atom. The maximum atomic E-state index is 12.0. The number of fused-ring (bicyclic) bond motifs is 3. The minimum Gasteiger partial charge on any atom is -0.506 e. The van der Waals surface area contributed by atoms with Crippen molar-refractivity contribution in [1.29, 1.82) is 0 Å². The van der Waals surface area contributed by atoms with E-state index in [1.807, 2.05) is 0 Å². The molecule has 5 heteroatoms. The lowest BCUT2D eigenvalue weighted by Gasteiger charge is -2.04. The van der Waals surface area contributed by atoms with Gasteiger partial charge in [0.15, 0.2) is 0 Å².